The topological polar surface area (TPSA) is 41.6 Å². The first-order chi connectivity index (χ1) is 9.65. The first-order valence-corrected chi connectivity index (χ1v) is 6.77. The maximum Gasteiger partial charge on any atom is 0.317 e. The summed E-state index contributed by atoms with van der Waals surface area (Å²) in [5.41, 5.74) is 0.551. The van der Waals surface area contributed by atoms with E-state index in [-0.39, 0.29) is 12.1 Å². The van der Waals surface area contributed by atoms with Crippen molar-refractivity contribution >= 4 is 6.03 Å². The molecule has 4 nitrogen and oxygen atoms in total. The number of halogens is 2. The highest BCUT2D eigenvalue weighted by Gasteiger charge is 2.33. The van der Waals surface area contributed by atoms with Crippen molar-refractivity contribution in [3.8, 4) is 0 Å². The zero-order valence-corrected chi connectivity index (χ0v) is 10.9. The van der Waals surface area contributed by atoms with Crippen molar-refractivity contribution in [2.45, 2.75) is 25.0 Å². The molecule has 0 radical (unpaired) electrons. The van der Waals surface area contributed by atoms with Crippen LogP contribution in [0.25, 0.3) is 0 Å². The molecule has 2 fully saturated rings. The lowest BCUT2D eigenvalue weighted by atomic mass is 10.0. The normalized spacial score (nSPS) is 25.4. The highest BCUT2D eigenvalue weighted by Crippen LogP contribution is 2.30. The van der Waals surface area contributed by atoms with Crippen molar-refractivity contribution in [1.82, 2.24) is 10.2 Å². The van der Waals surface area contributed by atoms with Gasteiger partial charge >= 0.3 is 6.03 Å². The van der Waals surface area contributed by atoms with Crippen LogP contribution >= 0.6 is 0 Å². The number of nitrogens with zero attached hydrogens (tertiary/aromatic N) is 1. The quantitative estimate of drug-likeness (QED) is 0.903. The van der Waals surface area contributed by atoms with Gasteiger partial charge in [0.25, 0.3) is 0 Å². The molecule has 2 atom stereocenters. The summed E-state index contributed by atoms with van der Waals surface area (Å²) in [6, 6.07) is 3.40. The molecule has 1 aromatic rings. The molecule has 0 aliphatic carbocycles. The highest BCUT2D eigenvalue weighted by molar-refractivity contribution is 5.75. The van der Waals surface area contributed by atoms with E-state index in [0.717, 1.165) is 31.6 Å². The molecule has 0 bridgehead atoms. The Morgan fingerprint density at radius 3 is 2.75 bits per heavy atom. The van der Waals surface area contributed by atoms with Gasteiger partial charge in [0.2, 0.25) is 0 Å². The molecule has 2 aliphatic rings. The molecule has 0 unspecified atom stereocenters. The maximum atomic E-state index is 13.3. The second-order valence-corrected chi connectivity index (χ2v) is 5.15. The fourth-order valence-corrected chi connectivity index (χ4v) is 2.52. The molecule has 0 saturated carbocycles. The standard InChI is InChI=1S/C14H16F2N2O2/c15-10-3-2-9(8-11(10)16)13-12(4-7-20-13)17-14(19)18-5-1-6-18/h2-3,8,12-13H,1,4-7H2,(H,17,19)/t12-,13-/m1/s1. The van der Waals surface area contributed by atoms with E-state index in [1.54, 1.807) is 4.90 Å². The monoisotopic (exact) mass is 282 g/mol. The van der Waals surface area contributed by atoms with E-state index in [0.29, 0.717) is 18.6 Å². The number of urea groups is 1. The van der Waals surface area contributed by atoms with Gasteiger partial charge in [-0.25, -0.2) is 13.6 Å². The summed E-state index contributed by atoms with van der Waals surface area (Å²) in [4.78, 5) is 13.6. The average Bonchev–Trinajstić information content (AvgIpc) is 2.78. The Labute approximate surface area is 115 Å². The molecule has 2 amide bonds. The largest absolute Gasteiger partial charge is 0.371 e. The Hall–Kier alpha value is -1.69. The molecule has 0 aromatic heterocycles. The van der Waals surface area contributed by atoms with Gasteiger partial charge in [0.15, 0.2) is 11.6 Å². The summed E-state index contributed by atoms with van der Waals surface area (Å²) in [6.07, 6.45) is 1.28. The number of benzene rings is 1. The van der Waals surface area contributed by atoms with Gasteiger partial charge in [0.1, 0.15) is 6.10 Å². The first-order valence-electron chi connectivity index (χ1n) is 6.77. The SMILES string of the molecule is O=C(N[C@@H]1CCO[C@@H]1c1ccc(F)c(F)c1)N1CCC1. The van der Waals surface area contributed by atoms with Crippen molar-refractivity contribution < 1.29 is 18.3 Å². The molecule has 2 aliphatic heterocycles. The van der Waals surface area contributed by atoms with Crippen LogP contribution in [0.1, 0.15) is 24.5 Å². The summed E-state index contributed by atoms with van der Waals surface area (Å²) in [5, 5.41) is 2.91. The molecule has 2 saturated heterocycles. The molecule has 108 valence electrons. The molecule has 6 heteroatoms. The van der Waals surface area contributed by atoms with Crippen LogP contribution < -0.4 is 5.32 Å². The van der Waals surface area contributed by atoms with Crippen LogP contribution in [0.3, 0.4) is 0 Å². The van der Waals surface area contributed by atoms with E-state index in [1.165, 1.54) is 6.07 Å². The minimum absolute atomic E-state index is 0.112. The third kappa shape index (κ3) is 2.47. The number of carbonyl (C=O) groups excluding carboxylic acids is 1. The van der Waals surface area contributed by atoms with Crippen LogP contribution in [-0.2, 0) is 4.74 Å². The van der Waals surface area contributed by atoms with Crippen LogP contribution in [0, 0.1) is 11.6 Å². The van der Waals surface area contributed by atoms with Crippen LogP contribution in [0.2, 0.25) is 0 Å². The zero-order valence-electron chi connectivity index (χ0n) is 10.9. The van der Waals surface area contributed by atoms with Crippen LogP contribution in [0.4, 0.5) is 13.6 Å². The van der Waals surface area contributed by atoms with E-state index in [1.807, 2.05) is 0 Å². The van der Waals surface area contributed by atoms with E-state index < -0.39 is 17.7 Å². The van der Waals surface area contributed by atoms with E-state index in [4.69, 9.17) is 4.74 Å². The van der Waals surface area contributed by atoms with Crippen molar-refractivity contribution in [2.75, 3.05) is 19.7 Å². The Morgan fingerprint density at radius 1 is 1.30 bits per heavy atom. The number of carbonyl (C=O) groups is 1. The molecule has 2 heterocycles. The Balaban J connectivity index is 1.71. The minimum Gasteiger partial charge on any atom is -0.371 e. The molecule has 3 rings (SSSR count). The second kappa shape index (κ2) is 5.36. The third-order valence-electron chi connectivity index (χ3n) is 3.82. The minimum atomic E-state index is -0.897. The van der Waals surface area contributed by atoms with Crippen molar-refractivity contribution in [1.29, 1.82) is 0 Å². The number of hydrogen-bond acceptors (Lipinski definition) is 2. The lowest BCUT2D eigenvalue weighted by Crippen LogP contribution is -2.51. The zero-order chi connectivity index (χ0) is 14.1. The predicted molar refractivity (Wildman–Crippen MR) is 68.2 cm³/mol. The van der Waals surface area contributed by atoms with Crippen LogP contribution in [-0.4, -0.2) is 36.7 Å². The number of rotatable bonds is 2. The van der Waals surface area contributed by atoms with Gasteiger partial charge < -0.3 is 15.0 Å². The maximum absolute atomic E-state index is 13.3. The van der Waals surface area contributed by atoms with E-state index >= 15 is 0 Å². The fraction of sp³-hybridized carbons (Fsp3) is 0.500. The van der Waals surface area contributed by atoms with E-state index in [2.05, 4.69) is 5.32 Å². The average molecular weight is 282 g/mol. The summed E-state index contributed by atoms with van der Waals surface area (Å²) >= 11 is 0. The highest BCUT2D eigenvalue weighted by atomic mass is 19.2. The third-order valence-corrected chi connectivity index (χ3v) is 3.82. The van der Waals surface area contributed by atoms with Crippen LogP contribution in [0.15, 0.2) is 18.2 Å². The number of ether oxygens (including phenoxy) is 1. The van der Waals surface area contributed by atoms with Gasteiger partial charge in [-0.05, 0) is 30.5 Å². The fourth-order valence-electron chi connectivity index (χ4n) is 2.52. The number of likely N-dealkylation sites (tertiary alicyclic amines) is 1. The number of nitrogens with one attached hydrogen (secondary N) is 1. The molecule has 20 heavy (non-hydrogen) atoms. The Bertz CT molecular complexity index is 520. The summed E-state index contributed by atoms with van der Waals surface area (Å²) < 4.78 is 31.8. The molecular formula is C14H16F2N2O2. The lowest BCUT2D eigenvalue weighted by Gasteiger charge is -2.32. The Kier molecular flexibility index (Phi) is 3.56. The molecule has 1 aromatic carbocycles. The summed E-state index contributed by atoms with van der Waals surface area (Å²) in [6.45, 7) is 2.04. The predicted octanol–water partition coefficient (Wildman–Crippen LogP) is 2.21. The second-order valence-electron chi connectivity index (χ2n) is 5.15. The van der Waals surface area contributed by atoms with Gasteiger partial charge in [-0.1, -0.05) is 6.07 Å². The smallest absolute Gasteiger partial charge is 0.317 e. The van der Waals surface area contributed by atoms with Gasteiger partial charge in [-0.2, -0.15) is 0 Å². The van der Waals surface area contributed by atoms with Crippen LogP contribution in [0.5, 0.6) is 0 Å². The molecular weight excluding hydrogens is 266 g/mol. The Morgan fingerprint density at radius 2 is 2.10 bits per heavy atom. The number of amides is 2. The van der Waals surface area contributed by atoms with Gasteiger partial charge in [-0.15, -0.1) is 0 Å². The number of hydrogen-bond donors (Lipinski definition) is 1. The molecule has 0 spiro atoms. The van der Waals surface area contributed by atoms with Crippen molar-refractivity contribution in [3.63, 3.8) is 0 Å². The summed E-state index contributed by atoms with van der Waals surface area (Å²) in [7, 11) is 0. The van der Waals surface area contributed by atoms with Gasteiger partial charge in [-0.3, -0.25) is 0 Å². The van der Waals surface area contributed by atoms with Crippen molar-refractivity contribution in [2.24, 2.45) is 0 Å². The van der Waals surface area contributed by atoms with Gasteiger partial charge in [0, 0.05) is 19.7 Å². The van der Waals surface area contributed by atoms with E-state index in [9.17, 15) is 13.6 Å². The first kappa shape index (κ1) is 13.3. The molecule has 1 N–H and O–H groups in total. The van der Waals surface area contributed by atoms with Gasteiger partial charge in [0.05, 0.1) is 6.04 Å². The summed E-state index contributed by atoms with van der Waals surface area (Å²) in [5.74, 6) is -1.78. The lowest BCUT2D eigenvalue weighted by molar-refractivity contribution is 0.0959. The van der Waals surface area contributed by atoms with Crippen molar-refractivity contribution in [3.05, 3.63) is 35.4 Å².